The zero-order valence-corrected chi connectivity index (χ0v) is 9.87. The van der Waals surface area contributed by atoms with Gasteiger partial charge in [-0.15, -0.1) is 0 Å². The maximum atomic E-state index is 11.6. The van der Waals surface area contributed by atoms with Crippen molar-refractivity contribution in [2.24, 2.45) is 0 Å². The topological polar surface area (TPSA) is 134 Å². The van der Waals surface area contributed by atoms with Gasteiger partial charge in [-0.1, -0.05) is 0 Å². The van der Waals surface area contributed by atoms with Gasteiger partial charge < -0.3 is 30.6 Å². The van der Waals surface area contributed by atoms with E-state index in [0.717, 1.165) is 0 Å². The fraction of sp³-hybridized carbons (Fsp3) is 0.455. The zero-order chi connectivity index (χ0) is 13.6. The van der Waals surface area contributed by atoms with E-state index in [4.69, 9.17) is 5.11 Å². The first-order valence-corrected chi connectivity index (χ1v) is 5.91. The van der Waals surface area contributed by atoms with E-state index in [1.165, 1.54) is 6.33 Å². The Balaban J connectivity index is 2.06. The Morgan fingerprint density at radius 1 is 1.26 bits per heavy atom. The number of aliphatic hydroxyl groups is 3. The molecule has 0 aliphatic carbocycles. The van der Waals surface area contributed by atoms with Crippen LogP contribution in [-0.2, 0) is 0 Å². The Bertz CT molecular complexity index is 651. The first-order chi connectivity index (χ1) is 9.13. The minimum Gasteiger partial charge on any atom is -0.395 e. The predicted molar refractivity (Wildman–Crippen MR) is 65.5 cm³/mol. The van der Waals surface area contributed by atoms with E-state index in [1.807, 2.05) is 0 Å². The zero-order valence-electron chi connectivity index (χ0n) is 9.87. The Labute approximate surface area is 107 Å². The molecule has 1 aliphatic heterocycles. The molecular weight excluding hydrogens is 252 g/mol. The van der Waals surface area contributed by atoms with Crippen LogP contribution in [0.1, 0.15) is 11.6 Å². The summed E-state index contributed by atoms with van der Waals surface area (Å²) in [5, 5.41) is 31.8. The molecule has 1 fully saturated rings. The molecule has 3 heterocycles. The van der Waals surface area contributed by atoms with Crippen molar-refractivity contribution in [3.05, 3.63) is 28.4 Å². The minimum atomic E-state index is -1.07. The van der Waals surface area contributed by atoms with Gasteiger partial charge in [0.1, 0.15) is 17.1 Å². The van der Waals surface area contributed by atoms with E-state index in [1.54, 1.807) is 6.20 Å². The second kappa shape index (κ2) is 4.42. The molecule has 0 radical (unpaired) electrons. The average Bonchev–Trinajstić information content (AvgIpc) is 2.94. The third-order valence-corrected chi connectivity index (χ3v) is 3.53. The maximum Gasteiger partial charge on any atom is 0.275 e. The highest BCUT2D eigenvalue weighted by Gasteiger charge is 2.42. The van der Waals surface area contributed by atoms with Gasteiger partial charge in [0.05, 0.1) is 31.1 Å². The van der Waals surface area contributed by atoms with Crippen LogP contribution in [0.15, 0.2) is 17.3 Å². The Morgan fingerprint density at radius 3 is 2.74 bits per heavy atom. The number of aromatic nitrogens is 3. The number of hydrogen-bond acceptors (Lipinski definition) is 6. The van der Waals surface area contributed by atoms with Crippen LogP contribution < -0.4 is 10.9 Å². The first kappa shape index (κ1) is 12.3. The maximum absolute atomic E-state index is 11.6. The Morgan fingerprint density at radius 2 is 2.05 bits per heavy atom. The number of aliphatic hydroxyl groups excluding tert-OH is 3. The number of aromatic amines is 2. The first-order valence-electron chi connectivity index (χ1n) is 5.91. The molecule has 2 aromatic heterocycles. The lowest BCUT2D eigenvalue weighted by atomic mass is 10.0. The van der Waals surface area contributed by atoms with Crippen molar-refractivity contribution in [3.8, 4) is 0 Å². The van der Waals surface area contributed by atoms with Crippen molar-refractivity contribution in [2.75, 3.05) is 6.61 Å². The highest BCUT2D eigenvalue weighted by molar-refractivity contribution is 5.78. The molecule has 0 bridgehead atoms. The lowest BCUT2D eigenvalue weighted by molar-refractivity contribution is 0.0196. The summed E-state index contributed by atoms with van der Waals surface area (Å²) in [6.07, 6.45) is 0.711. The lowest BCUT2D eigenvalue weighted by Crippen LogP contribution is -2.35. The van der Waals surface area contributed by atoms with Crippen molar-refractivity contribution in [1.82, 2.24) is 20.3 Å². The van der Waals surface area contributed by atoms with Crippen LogP contribution in [0.25, 0.3) is 11.0 Å². The summed E-state index contributed by atoms with van der Waals surface area (Å²) in [6.45, 7) is -0.287. The van der Waals surface area contributed by atoms with Gasteiger partial charge in [-0.3, -0.25) is 4.79 Å². The predicted octanol–water partition coefficient (Wildman–Crippen LogP) is -2.02. The van der Waals surface area contributed by atoms with E-state index in [-0.39, 0.29) is 12.2 Å². The summed E-state index contributed by atoms with van der Waals surface area (Å²) in [6, 6.07) is -1.19. The largest absolute Gasteiger partial charge is 0.395 e. The van der Waals surface area contributed by atoms with Crippen molar-refractivity contribution in [3.63, 3.8) is 0 Å². The molecule has 8 nitrogen and oxygen atoms in total. The molecule has 0 aromatic carbocycles. The number of fused-ring (bicyclic) bond motifs is 1. The van der Waals surface area contributed by atoms with Crippen LogP contribution in [0, 0.1) is 0 Å². The van der Waals surface area contributed by atoms with Crippen LogP contribution in [0.3, 0.4) is 0 Å². The van der Waals surface area contributed by atoms with Crippen molar-refractivity contribution < 1.29 is 15.3 Å². The van der Waals surface area contributed by atoms with E-state index < -0.39 is 24.3 Å². The van der Waals surface area contributed by atoms with Crippen LogP contribution in [-0.4, -0.2) is 55.1 Å². The van der Waals surface area contributed by atoms with Crippen molar-refractivity contribution in [2.45, 2.75) is 24.3 Å². The molecule has 1 saturated heterocycles. The number of rotatable bonds is 2. The van der Waals surface area contributed by atoms with Gasteiger partial charge in [0, 0.05) is 11.8 Å². The Hall–Kier alpha value is -1.74. The summed E-state index contributed by atoms with van der Waals surface area (Å²) in [4.78, 5) is 20.9. The van der Waals surface area contributed by atoms with Crippen molar-refractivity contribution >= 4 is 11.0 Å². The summed E-state index contributed by atoms with van der Waals surface area (Å²) >= 11 is 0. The van der Waals surface area contributed by atoms with Crippen LogP contribution in [0.4, 0.5) is 0 Å². The number of nitrogens with one attached hydrogen (secondary N) is 3. The van der Waals surface area contributed by atoms with Crippen LogP contribution >= 0.6 is 0 Å². The normalized spacial score (nSPS) is 31.1. The molecule has 4 atom stereocenters. The number of nitrogens with zero attached hydrogens (tertiary/aromatic N) is 1. The van der Waals surface area contributed by atoms with E-state index in [0.29, 0.717) is 16.6 Å². The van der Waals surface area contributed by atoms with Gasteiger partial charge in [0.25, 0.3) is 5.56 Å². The molecule has 2 unspecified atom stereocenters. The molecule has 1 aliphatic rings. The SMILES string of the molecule is O=c1[nH]cnc2c([C@@H]3NC(CO)[C@@H](O)C3O)c[nH]c12. The smallest absolute Gasteiger partial charge is 0.275 e. The minimum absolute atomic E-state index is 0.287. The van der Waals surface area contributed by atoms with Gasteiger partial charge >= 0.3 is 0 Å². The van der Waals surface area contributed by atoms with E-state index in [9.17, 15) is 15.0 Å². The summed E-state index contributed by atoms with van der Waals surface area (Å²) < 4.78 is 0. The second-order valence-electron chi connectivity index (χ2n) is 4.61. The van der Waals surface area contributed by atoms with Crippen molar-refractivity contribution in [1.29, 1.82) is 0 Å². The number of hydrogen-bond donors (Lipinski definition) is 6. The standard InChI is InChI=1S/C11H14N4O4/c16-2-5-9(17)10(18)7(15-5)4-1-12-8-6(4)13-3-14-11(8)19/h1,3,5,7,9-10,12,15-18H,2H2,(H,13,14,19)/t5?,7-,9+,10?/m0/s1. The number of H-pyrrole nitrogens is 2. The van der Waals surface area contributed by atoms with Crippen LogP contribution in [0.5, 0.6) is 0 Å². The third kappa shape index (κ3) is 1.77. The molecule has 3 rings (SSSR count). The Kier molecular flexibility index (Phi) is 2.86. The second-order valence-corrected chi connectivity index (χ2v) is 4.61. The third-order valence-electron chi connectivity index (χ3n) is 3.53. The fourth-order valence-corrected chi connectivity index (χ4v) is 2.51. The average molecular weight is 266 g/mol. The molecule has 6 N–H and O–H groups in total. The molecule has 102 valence electrons. The summed E-state index contributed by atoms with van der Waals surface area (Å²) in [5.74, 6) is 0. The van der Waals surface area contributed by atoms with E-state index in [2.05, 4.69) is 20.3 Å². The van der Waals surface area contributed by atoms with Gasteiger partial charge in [-0.05, 0) is 0 Å². The summed E-state index contributed by atoms with van der Waals surface area (Å²) in [7, 11) is 0. The molecule has 0 amide bonds. The molecule has 8 heteroatoms. The molecule has 19 heavy (non-hydrogen) atoms. The molecule has 2 aromatic rings. The van der Waals surface area contributed by atoms with Crippen LogP contribution in [0.2, 0.25) is 0 Å². The van der Waals surface area contributed by atoms with Gasteiger partial charge in [0.2, 0.25) is 0 Å². The van der Waals surface area contributed by atoms with Gasteiger partial charge in [0.15, 0.2) is 0 Å². The van der Waals surface area contributed by atoms with E-state index >= 15 is 0 Å². The lowest BCUT2D eigenvalue weighted by Gasteiger charge is -2.14. The molecular formula is C11H14N4O4. The monoisotopic (exact) mass is 266 g/mol. The highest BCUT2D eigenvalue weighted by atomic mass is 16.3. The highest BCUT2D eigenvalue weighted by Crippen LogP contribution is 2.30. The fourth-order valence-electron chi connectivity index (χ4n) is 2.51. The summed E-state index contributed by atoms with van der Waals surface area (Å²) in [5.41, 5.74) is 1.03. The quantitative estimate of drug-likeness (QED) is 0.371. The van der Waals surface area contributed by atoms with Gasteiger partial charge in [-0.2, -0.15) is 0 Å². The van der Waals surface area contributed by atoms with Gasteiger partial charge in [-0.25, -0.2) is 4.98 Å². The molecule has 0 saturated carbocycles. The molecule has 0 spiro atoms.